The summed E-state index contributed by atoms with van der Waals surface area (Å²) in [5, 5.41) is 2.85. The van der Waals surface area contributed by atoms with E-state index in [1.54, 1.807) is 12.3 Å². The van der Waals surface area contributed by atoms with E-state index in [2.05, 4.69) is 16.9 Å². The number of aromatic amines is 1. The van der Waals surface area contributed by atoms with Crippen LogP contribution < -0.4 is 5.32 Å². The molecule has 0 aliphatic carbocycles. The largest absolute Gasteiger partial charge is 0.360 e. The Kier molecular flexibility index (Phi) is 2.11. The number of carbonyl (C=O) groups is 1. The standard InChI is InChI=1S/C8H10N2O/c1-3-9-7-4-5-10-8(7)6(2)11/h3-5,9-10H,1H2,2H3. The number of carbonyl (C=O) groups excluding carboxylic acids is 1. The summed E-state index contributed by atoms with van der Waals surface area (Å²) >= 11 is 0. The highest BCUT2D eigenvalue weighted by atomic mass is 16.1. The first kappa shape index (κ1) is 7.60. The van der Waals surface area contributed by atoms with Crippen LogP contribution in [0.2, 0.25) is 0 Å². The van der Waals surface area contributed by atoms with Gasteiger partial charge in [-0.25, -0.2) is 0 Å². The summed E-state index contributed by atoms with van der Waals surface area (Å²) in [4.78, 5) is 13.7. The lowest BCUT2D eigenvalue weighted by Crippen LogP contribution is -1.97. The zero-order valence-electron chi connectivity index (χ0n) is 6.35. The maximum absolute atomic E-state index is 10.9. The number of H-pyrrole nitrogens is 1. The molecule has 1 aromatic heterocycles. The van der Waals surface area contributed by atoms with E-state index in [4.69, 9.17) is 0 Å². The molecular formula is C8H10N2O. The van der Waals surface area contributed by atoms with Gasteiger partial charge in [-0.15, -0.1) is 0 Å². The number of hydrogen-bond acceptors (Lipinski definition) is 2. The molecule has 3 heteroatoms. The minimum Gasteiger partial charge on any atom is -0.360 e. The third-order valence-corrected chi connectivity index (χ3v) is 1.36. The lowest BCUT2D eigenvalue weighted by molar-refractivity contribution is 0.101. The molecular weight excluding hydrogens is 140 g/mol. The van der Waals surface area contributed by atoms with Crippen LogP contribution in [0.3, 0.4) is 0 Å². The minimum atomic E-state index is 0.0133. The Morgan fingerprint density at radius 3 is 3.09 bits per heavy atom. The third kappa shape index (κ3) is 1.49. The van der Waals surface area contributed by atoms with Crippen molar-refractivity contribution in [3.05, 3.63) is 30.7 Å². The number of aromatic nitrogens is 1. The smallest absolute Gasteiger partial charge is 0.178 e. The van der Waals surface area contributed by atoms with Crippen molar-refractivity contribution in [1.29, 1.82) is 0 Å². The highest BCUT2D eigenvalue weighted by Gasteiger charge is 2.05. The van der Waals surface area contributed by atoms with Gasteiger partial charge in [-0.3, -0.25) is 4.79 Å². The van der Waals surface area contributed by atoms with E-state index in [0.29, 0.717) is 5.69 Å². The van der Waals surface area contributed by atoms with Crippen molar-refractivity contribution < 1.29 is 4.79 Å². The predicted molar refractivity (Wildman–Crippen MR) is 44.6 cm³/mol. The number of nitrogens with one attached hydrogen (secondary N) is 2. The molecule has 0 unspecified atom stereocenters. The van der Waals surface area contributed by atoms with Crippen LogP contribution in [0.15, 0.2) is 25.0 Å². The van der Waals surface area contributed by atoms with E-state index in [1.165, 1.54) is 13.1 Å². The van der Waals surface area contributed by atoms with Crippen molar-refractivity contribution in [2.24, 2.45) is 0 Å². The third-order valence-electron chi connectivity index (χ3n) is 1.36. The van der Waals surface area contributed by atoms with Gasteiger partial charge in [-0.2, -0.15) is 0 Å². The van der Waals surface area contributed by atoms with Gasteiger partial charge in [0, 0.05) is 13.1 Å². The fraction of sp³-hybridized carbons (Fsp3) is 0.125. The minimum absolute atomic E-state index is 0.0133. The van der Waals surface area contributed by atoms with Gasteiger partial charge < -0.3 is 10.3 Å². The SMILES string of the molecule is C=CNc1cc[nH]c1C(C)=O. The molecule has 0 amide bonds. The Balaban J connectivity index is 2.95. The Morgan fingerprint density at radius 2 is 2.55 bits per heavy atom. The second-order valence-electron chi connectivity index (χ2n) is 2.17. The number of hydrogen-bond donors (Lipinski definition) is 2. The highest BCUT2D eigenvalue weighted by molar-refractivity contribution is 5.97. The molecule has 0 aromatic carbocycles. The van der Waals surface area contributed by atoms with Crippen LogP contribution in [0.25, 0.3) is 0 Å². The maximum atomic E-state index is 10.9. The molecule has 0 aliphatic rings. The second kappa shape index (κ2) is 3.05. The van der Waals surface area contributed by atoms with Crippen LogP contribution in [0.5, 0.6) is 0 Å². The molecule has 2 N–H and O–H groups in total. The zero-order valence-corrected chi connectivity index (χ0v) is 6.35. The summed E-state index contributed by atoms with van der Waals surface area (Å²) in [6.45, 7) is 5.01. The van der Waals surface area contributed by atoms with Gasteiger partial charge in [-0.05, 0) is 12.3 Å². The van der Waals surface area contributed by atoms with E-state index in [-0.39, 0.29) is 5.78 Å². The average Bonchev–Trinajstić information content (AvgIpc) is 2.36. The van der Waals surface area contributed by atoms with E-state index in [1.807, 2.05) is 0 Å². The molecule has 0 saturated carbocycles. The van der Waals surface area contributed by atoms with Crippen LogP contribution in [0, 0.1) is 0 Å². The lowest BCUT2D eigenvalue weighted by Gasteiger charge is -1.97. The van der Waals surface area contributed by atoms with E-state index in [0.717, 1.165) is 5.69 Å². The Labute approximate surface area is 65.1 Å². The summed E-state index contributed by atoms with van der Waals surface area (Å²) in [5.41, 5.74) is 1.36. The molecule has 0 bridgehead atoms. The second-order valence-corrected chi connectivity index (χ2v) is 2.17. The summed E-state index contributed by atoms with van der Waals surface area (Å²) in [5.74, 6) is 0.0133. The Morgan fingerprint density at radius 1 is 1.82 bits per heavy atom. The summed E-state index contributed by atoms with van der Waals surface area (Å²) in [6, 6.07) is 1.79. The molecule has 11 heavy (non-hydrogen) atoms. The maximum Gasteiger partial charge on any atom is 0.178 e. The van der Waals surface area contributed by atoms with Gasteiger partial charge in [0.05, 0.1) is 5.69 Å². The molecule has 0 saturated heterocycles. The van der Waals surface area contributed by atoms with Crippen molar-refractivity contribution in [2.45, 2.75) is 6.92 Å². The summed E-state index contributed by atoms with van der Waals surface area (Å²) in [6.07, 6.45) is 3.25. The van der Waals surface area contributed by atoms with Crippen LogP contribution in [-0.4, -0.2) is 10.8 Å². The number of rotatable bonds is 3. The van der Waals surface area contributed by atoms with Gasteiger partial charge in [0.15, 0.2) is 5.78 Å². The highest BCUT2D eigenvalue weighted by Crippen LogP contribution is 2.13. The predicted octanol–water partition coefficient (Wildman–Crippen LogP) is 1.77. The van der Waals surface area contributed by atoms with E-state index < -0.39 is 0 Å². The van der Waals surface area contributed by atoms with Crippen LogP contribution in [-0.2, 0) is 0 Å². The molecule has 1 heterocycles. The van der Waals surface area contributed by atoms with Gasteiger partial charge in [0.1, 0.15) is 5.69 Å². The Hall–Kier alpha value is -1.51. The average molecular weight is 150 g/mol. The zero-order chi connectivity index (χ0) is 8.27. The molecule has 58 valence electrons. The van der Waals surface area contributed by atoms with Gasteiger partial charge in [-0.1, -0.05) is 6.58 Å². The van der Waals surface area contributed by atoms with Crippen molar-refractivity contribution in [3.63, 3.8) is 0 Å². The quantitative estimate of drug-likeness (QED) is 0.645. The first-order valence-electron chi connectivity index (χ1n) is 3.31. The topological polar surface area (TPSA) is 44.9 Å². The van der Waals surface area contributed by atoms with Crippen LogP contribution in [0.1, 0.15) is 17.4 Å². The number of Topliss-reactive ketones (excluding diaryl/α,β-unsaturated/α-hetero) is 1. The van der Waals surface area contributed by atoms with Crippen molar-refractivity contribution in [3.8, 4) is 0 Å². The molecule has 0 spiro atoms. The first-order valence-corrected chi connectivity index (χ1v) is 3.31. The van der Waals surface area contributed by atoms with Gasteiger partial charge in [0.25, 0.3) is 0 Å². The van der Waals surface area contributed by atoms with Crippen molar-refractivity contribution in [1.82, 2.24) is 4.98 Å². The summed E-state index contributed by atoms with van der Waals surface area (Å²) in [7, 11) is 0. The summed E-state index contributed by atoms with van der Waals surface area (Å²) < 4.78 is 0. The molecule has 1 rings (SSSR count). The van der Waals surface area contributed by atoms with Crippen LogP contribution in [0.4, 0.5) is 5.69 Å². The molecule has 0 atom stereocenters. The number of ketones is 1. The van der Waals surface area contributed by atoms with Crippen molar-refractivity contribution in [2.75, 3.05) is 5.32 Å². The van der Waals surface area contributed by atoms with Gasteiger partial charge >= 0.3 is 0 Å². The van der Waals surface area contributed by atoms with E-state index in [9.17, 15) is 4.79 Å². The molecule has 0 radical (unpaired) electrons. The molecule has 0 aliphatic heterocycles. The normalized spacial score (nSPS) is 9.18. The van der Waals surface area contributed by atoms with Crippen molar-refractivity contribution >= 4 is 11.5 Å². The fourth-order valence-electron chi connectivity index (χ4n) is 0.891. The monoisotopic (exact) mass is 150 g/mol. The number of anilines is 1. The fourth-order valence-corrected chi connectivity index (χ4v) is 0.891. The van der Waals surface area contributed by atoms with Crippen LogP contribution >= 0.6 is 0 Å². The lowest BCUT2D eigenvalue weighted by atomic mass is 10.3. The van der Waals surface area contributed by atoms with E-state index >= 15 is 0 Å². The molecule has 3 nitrogen and oxygen atoms in total. The van der Waals surface area contributed by atoms with Gasteiger partial charge in [0.2, 0.25) is 0 Å². The molecule has 1 aromatic rings. The molecule has 0 fully saturated rings. The Bertz CT molecular complexity index is 275. The first-order chi connectivity index (χ1) is 5.25.